The first-order valence-corrected chi connectivity index (χ1v) is 11.3. The summed E-state index contributed by atoms with van der Waals surface area (Å²) in [5.74, 6) is -0.413. The van der Waals surface area contributed by atoms with E-state index in [-0.39, 0.29) is 36.5 Å². The Balaban J connectivity index is 1.40. The van der Waals surface area contributed by atoms with Gasteiger partial charge in [0.25, 0.3) is 5.91 Å². The lowest BCUT2D eigenvalue weighted by molar-refractivity contribution is -0.128. The number of benzene rings is 1. The van der Waals surface area contributed by atoms with Gasteiger partial charge in [0, 0.05) is 33.9 Å². The lowest BCUT2D eigenvalue weighted by Gasteiger charge is -2.25. The van der Waals surface area contributed by atoms with Crippen LogP contribution in [0.25, 0.3) is 0 Å². The van der Waals surface area contributed by atoms with Gasteiger partial charge in [-0.05, 0) is 43.0 Å². The SMILES string of the molecule is Cc1ccc(NC(=O)NCc2scc3c2CN(C2CCCC(=O)CC2=O)C3=O)cc1Cl. The molecule has 2 aliphatic rings. The smallest absolute Gasteiger partial charge is 0.319 e. The minimum atomic E-state index is -0.549. The number of thiophene rings is 1. The van der Waals surface area contributed by atoms with Crippen molar-refractivity contribution in [2.45, 2.75) is 51.7 Å². The number of nitrogens with one attached hydrogen (secondary N) is 2. The predicted molar refractivity (Wildman–Crippen MR) is 119 cm³/mol. The number of urea groups is 1. The molecule has 4 rings (SSSR count). The van der Waals surface area contributed by atoms with Crippen LogP contribution < -0.4 is 10.6 Å². The standard InChI is InChI=1S/C22H22ClN3O4S/c1-12-5-6-13(7-17(12)23)25-22(30)24-9-20-15-10-26(21(29)16(15)11-31-20)18-4-2-3-14(27)8-19(18)28/h5-7,11,18H,2-4,8-10H2,1H3,(H2,24,25,30). The lowest BCUT2D eigenvalue weighted by Crippen LogP contribution is -2.41. The second-order valence-corrected chi connectivity index (χ2v) is 9.22. The average molecular weight is 460 g/mol. The first-order chi connectivity index (χ1) is 14.8. The number of nitrogens with zero attached hydrogens (tertiary/aromatic N) is 1. The Labute approximate surface area is 188 Å². The topological polar surface area (TPSA) is 95.6 Å². The van der Waals surface area contributed by atoms with E-state index in [1.807, 2.05) is 13.0 Å². The number of aryl methyl sites for hydroxylation is 1. The van der Waals surface area contributed by atoms with Crippen LogP contribution in [0.1, 0.15) is 52.0 Å². The molecular weight excluding hydrogens is 438 g/mol. The van der Waals surface area contributed by atoms with E-state index in [1.165, 1.54) is 11.3 Å². The fourth-order valence-corrected chi connectivity index (χ4v) is 5.12. The van der Waals surface area contributed by atoms with Gasteiger partial charge in [-0.3, -0.25) is 14.4 Å². The number of Topliss-reactive ketones (excluding diaryl/α,β-unsaturated/α-hetero) is 2. The second kappa shape index (κ2) is 8.80. The number of halogens is 1. The van der Waals surface area contributed by atoms with E-state index >= 15 is 0 Å². The summed E-state index contributed by atoms with van der Waals surface area (Å²) in [6.07, 6.45) is 1.42. The van der Waals surface area contributed by atoms with E-state index in [1.54, 1.807) is 22.4 Å². The Kier molecular flexibility index (Phi) is 6.11. The molecule has 162 valence electrons. The monoisotopic (exact) mass is 459 g/mol. The minimum Gasteiger partial charge on any atom is -0.333 e. The molecule has 0 spiro atoms. The molecule has 7 nitrogen and oxygen atoms in total. The maximum absolute atomic E-state index is 12.9. The van der Waals surface area contributed by atoms with Crippen LogP contribution >= 0.6 is 22.9 Å². The van der Waals surface area contributed by atoms with Gasteiger partial charge in [-0.1, -0.05) is 17.7 Å². The highest BCUT2D eigenvalue weighted by molar-refractivity contribution is 7.10. The molecule has 1 fully saturated rings. The summed E-state index contributed by atoms with van der Waals surface area (Å²) in [6, 6.07) is 4.36. The zero-order valence-electron chi connectivity index (χ0n) is 17.0. The van der Waals surface area contributed by atoms with Crippen molar-refractivity contribution in [3.05, 3.63) is 50.2 Å². The maximum atomic E-state index is 12.9. The number of hydrogen-bond donors (Lipinski definition) is 2. The number of amides is 3. The predicted octanol–water partition coefficient (Wildman–Crippen LogP) is 4.07. The van der Waals surface area contributed by atoms with Gasteiger partial charge in [-0.2, -0.15) is 0 Å². The van der Waals surface area contributed by atoms with Crippen LogP contribution in [-0.4, -0.2) is 34.4 Å². The van der Waals surface area contributed by atoms with E-state index < -0.39 is 6.04 Å². The number of fused-ring (bicyclic) bond motifs is 1. The first-order valence-electron chi connectivity index (χ1n) is 10.1. The van der Waals surface area contributed by atoms with Crippen LogP contribution in [0.2, 0.25) is 5.02 Å². The fourth-order valence-electron chi connectivity index (χ4n) is 3.96. The second-order valence-electron chi connectivity index (χ2n) is 7.85. The summed E-state index contributed by atoms with van der Waals surface area (Å²) < 4.78 is 0. The highest BCUT2D eigenvalue weighted by Gasteiger charge is 2.39. The fraction of sp³-hybridized carbons (Fsp3) is 0.364. The van der Waals surface area contributed by atoms with E-state index in [4.69, 9.17) is 11.6 Å². The molecule has 3 amide bonds. The summed E-state index contributed by atoms with van der Waals surface area (Å²) in [5.41, 5.74) is 2.94. The first kappa shape index (κ1) is 21.5. The Morgan fingerprint density at radius 2 is 2.10 bits per heavy atom. The van der Waals surface area contributed by atoms with E-state index in [2.05, 4.69) is 10.6 Å². The van der Waals surface area contributed by atoms with Crippen LogP contribution in [0.5, 0.6) is 0 Å². The zero-order valence-corrected chi connectivity index (χ0v) is 18.6. The molecule has 2 aromatic rings. The van der Waals surface area contributed by atoms with Gasteiger partial charge in [-0.15, -0.1) is 11.3 Å². The molecule has 1 atom stereocenters. The molecule has 1 aromatic heterocycles. The van der Waals surface area contributed by atoms with Crippen molar-refractivity contribution in [3.8, 4) is 0 Å². The molecule has 9 heteroatoms. The van der Waals surface area contributed by atoms with E-state index in [0.717, 1.165) is 16.0 Å². The third-order valence-corrected chi connectivity index (χ3v) is 7.13. The molecule has 1 aromatic carbocycles. The normalized spacial score (nSPS) is 18.7. The highest BCUT2D eigenvalue weighted by atomic mass is 35.5. The van der Waals surface area contributed by atoms with Gasteiger partial charge in [0.15, 0.2) is 5.78 Å². The van der Waals surface area contributed by atoms with E-state index in [9.17, 15) is 19.2 Å². The number of carbonyl (C=O) groups excluding carboxylic acids is 4. The molecule has 1 unspecified atom stereocenters. The largest absolute Gasteiger partial charge is 0.333 e. The number of carbonyl (C=O) groups is 4. The molecule has 0 saturated heterocycles. The third kappa shape index (κ3) is 4.50. The molecule has 2 heterocycles. The maximum Gasteiger partial charge on any atom is 0.319 e. The molecule has 1 aliphatic heterocycles. The molecule has 2 N–H and O–H groups in total. The Morgan fingerprint density at radius 3 is 2.87 bits per heavy atom. The number of rotatable bonds is 4. The number of ketones is 2. The third-order valence-electron chi connectivity index (χ3n) is 5.69. The van der Waals surface area contributed by atoms with Crippen molar-refractivity contribution < 1.29 is 19.2 Å². The van der Waals surface area contributed by atoms with Crippen molar-refractivity contribution in [2.75, 3.05) is 5.32 Å². The van der Waals surface area contributed by atoms with Gasteiger partial charge >= 0.3 is 6.03 Å². The Morgan fingerprint density at radius 1 is 1.29 bits per heavy atom. The molecular formula is C22H22ClN3O4S. The van der Waals surface area contributed by atoms with Crippen LogP contribution in [0.15, 0.2) is 23.6 Å². The summed E-state index contributed by atoms with van der Waals surface area (Å²) >= 11 is 7.50. The Bertz CT molecular complexity index is 1080. The van der Waals surface area contributed by atoms with Gasteiger partial charge in [0.2, 0.25) is 0 Å². The Hall–Kier alpha value is -2.71. The van der Waals surface area contributed by atoms with Crippen LogP contribution in [0.4, 0.5) is 10.5 Å². The van der Waals surface area contributed by atoms with Crippen molar-refractivity contribution in [2.24, 2.45) is 0 Å². The lowest BCUT2D eigenvalue weighted by atomic mass is 10.1. The van der Waals surface area contributed by atoms with Crippen LogP contribution in [0, 0.1) is 6.92 Å². The molecule has 0 radical (unpaired) electrons. The summed E-state index contributed by atoms with van der Waals surface area (Å²) in [4.78, 5) is 51.8. The number of anilines is 1. The molecule has 1 aliphatic carbocycles. The quantitative estimate of drug-likeness (QED) is 0.532. The molecule has 0 bridgehead atoms. The van der Waals surface area contributed by atoms with Gasteiger partial charge < -0.3 is 15.5 Å². The van der Waals surface area contributed by atoms with E-state index in [0.29, 0.717) is 42.1 Å². The number of hydrogen-bond acceptors (Lipinski definition) is 5. The van der Waals surface area contributed by atoms with Gasteiger partial charge in [0.1, 0.15) is 5.78 Å². The summed E-state index contributed by atoms with van der Waals surface area (Å²) in [7, 11) is 0. The molecule has 31 heavy (non-hydrogen) atoms. The molecule has 1 saturated carbocycles. The van der Waals surface area contributed by atoms with Crippen molar-refractivity contribution >= 4 is 52.1 Å². The van der Waals surface area contributed by atoms with Crippen molar-refractivity contribution in [3.63, 3.8) is 0 Å². The average Bonchev–Trinajstić information content (AvgIpc) is 3.21. The van der Waals surface area contributed by atoms with Gasteiger partial charge in [0.05, 0.1) is 24.6 Å². The van der Waals surface area contributed by atoms with Crippen molar-refractivity contribution in [1.82, 2.24) is 10.2 Å². The van der Waals surface area contributed by atoms with Crippen molar-refractivity contribution in [1.29, 1.82) is 0 Å². The summed E-state index contributed by atoms with van der Waals surface area (Å²) in [6.45, 7) is 2.48. The van der Waals surface area contributed by atoms with Crippen LogP contribution in [0.3, 0.4) is 0 Å². The highest BCUT2D eigenvalue weighted by Crippen LogP contribution is 2.34. The summed E-state index contributed by atoms with van der Waals surface area (Å²) in [5, 5.41) is 7.90. The zero-order chi connectivity index (χ0) is 22.1. The van der Waals surface area contributed by atoms with Crippen LogP contribution in [-0.2, 0) is 22.7 Å². The minimum absolute atomic E-state index is 0.0564. The van der Waals surface area contributed by atoms with Gasteiger partial charge in [-0.25, -0.2) is 4.79 Å².